The summed E-state index contributed by atoms with van der Waals surface area (Å²) in [6.07, 6.45) is 0. The number of fused-ring (bicyclic) bond motifs is 1. The van der Waals surface area contributed by atoms with Crippen LogP contribution in [0.15, 0.2) is 40.5 Å². The van der Waals surface area contributed by atoms with Gasteiger partial charge in [0.15, 0.2) is 0 Å². The number of rotatable bonds is 5. The van der Waals surface area contributed by atoms with Gasteiger partial charge in [-0.05, 0) is 43.7 Å². The van der Waals surface area contributed by atoms with Crippen LogP contribution >= 0.6 is 22.9 Å². The molecular weight excluding hydrogens is 446 g/mol. The Morgan fingerprint density at radius 1 is 1.22 bits per heavy atom. The van der Waals surface area contributed by atoms with Gasteiger partial charge in [0.05, 0.1) is 16.1 Å². The number of amides is 1. The first-order valence-electron chi connectivity index (χ1n) is 10.4. The van der Waals surface area contributed by atoms with Crippen molar-refractivity contribution in [2.45, 2.75) is 6.54 Å². The third kappa shape index (κ3) is 4.24. The summed E-state index contributed by atoms with van der Waals surface area (Å²) in [5.74, 6) is 0.0205. The van der Waals surface area contributed by atoms with E-state index in [1.54, 1.807) is 10.6 Å². The lowest BCUT2D eigenvalue weighted by molar-refractivity contribution is 0.0751. The van der Waals surface area contributed by atoms with E-state index in [4.69, 9.17) is 11.6 Å². The third-order valence-electron chi connectivity index (χ3n) is 5.70. The average molecular weight is 470 g/mol. The minimum absolute atomic E-state index is 0.0205. The number of carbonyl (C=O) groups excluding carboxylic acids is 1. The van der Waals surface area contributed by atoms with Crippen LogP contribution in [0.1, 0.15) is 15.2 Å². The smallest absolute Gasteiger partial charge is 0.271 e. The van der Waals surface area contributed by atoms with Crippen molar-refractivity contribution in [1.82, 2.24) is 14.4 Å². The van der Waals surface area contributed by atoms with Crippen LogP contribution in [-0.2, 0) is 6.54 Å². The topological polar surface area (TPSA) is 72.6 Å². The fraction of sp³-hybridized carbons (Fsp3) is 0.348. The van der Waals surface area contributed by atoms with E-state index in [0.717, 1.165) is 15.8 Å². The van der Waals surface area contributed by atoms with Crippen LogP contribution in [0, 0.1) is 11.3 Å². The molecule has 3 heterocycles. The molecule has 4 rings (SSSR count). The Morgan fingerprint density at radius 3 is 2.59 bits per heavy atom. The molecule has 1 aliphatic heterocycles. The number of pyridine rings is 1. The molecule has 1 fully saturated rings. The number of anilines is 1. The van der Waals surface area contributed by atoms with Crippen LogP contribution in [0.2, 0.25) is 5.02 Å². The second-order valence-corrected chi connectivity index (χ2v) is 9.40. The van der Waals surface area contributed by atoms with E-state index in [1.807, 2.05) is 58.4 Å². The van der Waals surface area contributed by atoms with Gasteiger partial charge >= 0.3 is 0 Å². The van der Waals surface area contributed by atoms with Crippen molar-refractivity contribution in [3.05, 3.63) is 61.5 Å². The van der Waals surface area contributed by atoms with Crippen LogP contribution in [0.5, 0.6) is 0 Å². The summed E-state index contributed by atoms with van der Waals surface area (Å²) < 4.78 is 1.66. The van der Waals surface area contributed by atoms with Crippen molar-refractivity contribution < 1.29 is 4.79 Å². The Labute approximate surface area is 195 Å². The summed E-state index contributed by atoms with van der Waals surface area (Å²) in [7, 11) is 3.89. The Bertz CT molecular complexity index is 1240. The Kier molecular flexibility index (Phi) is 6.51. The number of thiophene rings is 1. The summed E-state index contributed by atoms with van der Waals surface area (Å²) in [4.78, 5) is 32.6. The molecule has 7 nitrogen and oxygen atoms in total. The number of nitrogens with zero attached hydrogens (tertiary/aromatic N) is 5. The molecular formula is C23H24ClN5O2S. The molecule has 0 aliphatic carbocycles. The maximum Gasteiger partial charge on any atom is 0.271 e. The zero-order valence-corrected chi connectivity index (χ0v) is 19.6. The number of aromatic nitrogens is 1. The summed E-state index contributed by atoms with van der Waals surface area (Å²) in [5, 5.41) is 13.2. The van der Waals surface area contributed by atoms with Crippen molar-refractivity contribution in [3.63, 3.8) is 0 Å². The van der Waals surface area contributed by atoms with Gasteiger partial charge in [-0.2, -0.15) is 5.26 Å². The van der Waals surface area contributed by atoms with Crippen LogP contribution < -0.4 is 10.5 Å². The molecule has 3 aromatic rings. The maximum absolute atomic E-state index is 13.3. The first kappa shape index (κ1) is 22.3. The maximum atomic E-state index is 13.3. The van der Waals surface area contributed by atoms with E-state index in [9.17, 15) is 14.9 Å². The second kappa shape index (κ2) is 9.33. The zero-order valence-electron chi connectivity index (χ0n) is 18.0. The van der Waals surface area contributed by atoms with Gasteiger partial charge in [0, 0.05) is 49.7 Å². The molecule has 9 heteroatoms. The number of carbonyl (C=O) groups is 1. The number of likely N-dealkylation sites (N-methyl/N-ethyl adjacent to an activating group) is 1. The number of nitriles is 1. The van der Waals surface area contributed by atoms with Gasteiger partial charge in [0.25, 0.3) is 11.5 Å². The first-order chi connectivity index (χ1) is 15.4. The second-order valence-electron chi connectivity index (χ2n) is 8.01. The van der Waals surface area contributed by atoms with Crippen LogP contribution in [0.3, 0.4) is 0 Å². The molecule has 1 amide bonds. The predicted molar refractivity (Wildman–Crippen MR) is 129 cm³/mol. The van der Waals surface area contributed by atoms with E-state index in [0.29, 0.717) is 50.0 Å². The van der Waals surface area contributed by atoms with Crippen molar-refractivity contribution >= 4 is 45.4 Å². The highest BCUT2D eigenvalue weighted by molar-refractivity contribution is 7.12. The molecule has 0 bridgehead atoms. The average Bonchev–Trinajstić information content (AvgIpc) is 3.32. The molecule has 32 heavy (non-hydrogen) atoms. The van der Waals surface area contributed by atoms with Crippen LogP contribution in [0.25, 0.3) is 10.9 Å². The van der Waals surface area contributed by atoms with Crippen molar-refractivity contribution in [3.8, 4) is 6.07 Å². The largest absolute Gasteiger partial charge is 0.366 e. The van der Waals surface area contributed by atoms with Gasteiger partial charge < -0.3 is 19.3 Å². The monoisotopic (exact) mass is 469 g/mol. The standard InChI is InChI=1S/C23H24ClN5O2S/c1-26(2)7-12-29-19-6-5-16(24)14-17(19)21(18(15-25)22(29)30)27-8-10-28(11-9-27)23(31)20-4-3-13-32-20/h3-6,13-14H,7-12H2,1-2H3. The highest BCUT2D eigenvalue weighted by Gasteiger charge is 2.27. The summed E-state index contributed by atoms with van der Waals surface area (Å²) >= 11 is 7.75. The van der Waals surface area contributed by atoms with Crippen molar-refractivity contribution in [1.29, 1.82) is 5.26 Å². The van der Waals surface area contributed by atoms with E-state index in [-0.39, 0.29) is 17.0 Å². The van der Waals surface area contributed by atoms with Gasteiger partial charge in [0.2, 0.25) is 0 Å². The van der Waals surface area contributed by atoms with Crippen molar-refractivity contribution in [2.24, 2.45) is 0 Å². The van der Waals surface area contributed by atoms with Crippen molar-refractivity contribution in [2.75, 3.05) is 51.7 Å². The molecule has 2 aromatic heterocycles. The Morgan fingerprint density at radius 2 is 1.97 bits per heavy atom. The van der Waals surface area contributed by atoms with Gasteiger partial charge in [-0.1, -0.05) is 17.7 Å². The molecule has 1 aromatic carbocycles. The summed E-state index contributed by atoms with van der Waals surface area (Å²) in [5.41, 5.74) is 1.19. The van der Waals surface area contributed by atoms with E-state index in [1.165, 1.54) is 11.3 Å². The van der Waals surface area contributed by atoms with E-state index >= 15 is 0 Å². The predicted octanol–water partition coefficient (Wildman–Crippen LogP) is 3.11. The third-order valence-corrected chi connectivity index (χ3v) is 6.79. The van der Waals surface area contributed by atoms with Gasteiger partial charge in [0.1, 0.15) is 11.6 Å². The minimum atomic E-state index is -0.295. The molecule has 1 saturated heterocycles. The Balaban J connectivity index is 1.72. The number of benzene rings is 1. The summed E-state index contributed by atoms with van der Waals surface area (Å²) in [6, 6.07) is 11.3. The van der Waals surface area contributed by atoms with Gasteiger partial charge in [-0.3, -0.25) is 9.59 Å². The molecule has 166 valence electrons. The lowest BCUT2D eigenvalue weighted by atomic mass is 10.1. The highest BCUT2D eigenvalue weighted by atomic mass is 35.5. The van der Waals surface area contributed by atoms with Gasteiger partial charge in [-0.25, -0.2) is 0 Å². The van der Waals surface area contributed by atoms with E-state index in [2.05, 4.69) is 6.07 Å². The Hall–Kier alpha value is -2.86. The number of hydrogen-bond donors (Lipinski definition) is 0. The quantitative estimate of drug-likeness (QED) is 0.574. The lowest BCUT2D eigenvalue weighted by Gasteiger charge is -2.37. The number of hydrogen-bond acceptors (Lipinski definition) is 6. The molecule has 0 radical (unpaired) electrons. The van der Waals surface area contributed by atoms with Crippen LogP contribution in [-0.4, -0.2) is 67.1 Å². The molecule has 0 atom stereocenters. The molecule has 0 spiro atoms. The molecule has 1 aliphatic rings. The zero-order chi connectivity index (χ0) is 22.8. The number of piperazine rings is 1. The summed E-state index contributed by atoms with van der Waals surface area (Å²) in [6.45, 7) is 3.26. The van der Waals surface area contributed by atoms with Crippen LogP contribution in [0.4, 0.5) is 5.69 Å². The van der Waals surface area contributed by atoms with Gasteiger partial charge in [-0.15, -0.1) is 11.3 Å². The fourth-order valence-electron chi connectivity index (χ4n) is 4.05. The minimum Gasteiger partial charge on any atom is -0.366 e. The normalized spacial score (nSPS) is 14.2. The first-order valence-corrected chi connectivity index (χ1v) is 11.6. The highest BCUT2D eigenvalue weighted by Crippen LogP contribution is 2.32. The molecule has 0 N–H and O–H groups in total. The fourth-order valence-corrected chi connectivity index (χ4v) is 4.92. The molecule has 0 unspecified atom stereocenters. The SMILES string of the molecule is CN(C)CCn1c(=O)c(C#N)c(N2CCN(C(=O)c3cccs3)CC2)c2cc(Cl)ccc21. The number of halogens is 1. The molecule has 0 saturated carbocycles. The van der Waals surface area contributed by atoms with E-state index < -0.39 is 0 Å². The lowest BCUT2D eigenvalue weighted by Crippen LogP contribution is -2.49.